The van der Waals surface area contributed by atoms with Crippen LogP contribution in [0.3, 0.4) is 0 Å². The summed E-state index contributed by atoms with van der Waals surface area (Å²) in [6.07, 6.45) is 2.31. The average molecular weight is 349 g/mol. The number of hydrogen-bond acceptors (Lipinski definition) is 3. The first-order valence-corrected chi connectivity index (χ1v) is 6.08. The van der Waals surface area contributed by atoms with Gasteiger partial charge in [-0.2, -0.15) is 0 Å². The quantitative estimate of drug-likeness (QED) is 0.846. The molecule has 0 saturated heterocycles. The zero-order valence-corrected chi connectivity index (χ0v) is 11.5. The van der Waals surface area contributed by atoms with Crippen molar-refractivity contribution in [2.45, 2.75) is 0 Å². The molecule has 2 rings (SSSR count). The Morgan fingerprint density at radius 3 is 2.58 bits per heavy atom. The van der Waals surface area contributed by atoms with E-state index in [-0.39, 0.29) is 21.0 Å². The van der Waals surface area contributed by atoms with E-state index < -0.39 is 17.5 Å². The van der Waals surface area contributed by atoms with Crippen LogP contribution in [0.15, 0.2) is 29.0 Å². The number of benzene rings is 1. The number of nitrogens with one attached hydrogen (secondary N) is 1. The summed E-state index contributed by atoms with van der Waals surface area (Å²) in [4.78, 5) is 19.1. The Balaban J connectivity index is 2.24. The van der Waals surface area contributed by atoms with Gasteiger partial charge in [-0.1, -0.05) is 11.6 Å². The summed E-state index contributed by atoms with van der Waals surface area (Å²) >= 11 is 8.35. The standard InChI is InChI=1S/C11H5BrClF2N3O/c12-5-1-7(15)8(2-6(5)14)18-11(19)9-3-17-10(13)4-16-9/h1-4H,(H,18,19). The molecule has 2 aromatic rings. The number of halogens is 4. The van der Waals surface area contributed by atoms with Crippen molar-refractivity contribution >= 4 is 39.1 Å². The Morgan fingerprint density at radius 2 is 1.95 bits per heavy atom. The molecule has 1 N–H and O–H groups in total. The van der Waals surface area contributed by atoms with Crippen molar-refractivity contribution in [3.63, 3.8) is 0 Å². The lowest BCUT2D eigenvalue weighted by molar-refractivity contribution is 0.102. The zero-order chi connectivity index (χ0) is 14.0. The van der Waals surface area contributed by atoms with Crippen LogP contribution in [0.4, 0.5) is 14.5 Å². The van der Waals surface area contributed by atoms with Gasteiger partial charge in [0.1, 0.15) is 22.5 Å². The van der Waals surface area contributed by atoms with Crippen LogP contribution >= 0.6 is 27.5 Å². The monoisotopic (exact) mass is 347 g/mol. The molecule has 0 aliphatic heterocycles. The summed E-state index contributed by atoms with van der Waals surface area (Å²) in [5.41, 5.74) is -0.352. The highest BCUT2D eigenvalue weighted by Crippen LogP contribution is 2.23. The number of hydrogen-bond donors (Lipinski definition) is 1. The fourth-order valence-electron chi connectivity index (χ4n) is 1.23. The van der Waals surface area contributed by atoms with Crippen LogP contribution in [0, 0.1) is 11.6 Å². The van der Waals surface area contributed by atoms with E-state index in [1.165, 1.54) is 6.20 Å². The smallest absolute Gasteiger partial charge is 0.275 e. The second-order valence-electron chi connectivity index (χ2n) is 3.42. The minimum Gasteiger partial charge on any atom is -0.318 e. The topological polar surface area (TPSA) is 54.9 Å². The largest absolute Gasteiger partial charge is 0.318 e. The second-order valence-corrected chi connectivity index (χ2v) is 4.67. The number of nitrogens with zero attached hydrogens (tertiary/aromatic N) is 2. The van der Waals surface area contributed by atoms with Gasteiger partial charge in [-0.05, 0) is 22.0 Å². The number of carbonyl (C=O) groups excluding carboxylic acids is 1. The highest BCUT2D eigenvalue weighted by atomic mass is 79.9. The number of anilines is 1. The fourth-order valence-corrected chi connectivity index (χ4v) is 1.65. The van der Waals surface area contributed by atoms with E-state index in [4.69, 9.17) is 11.6 Å². The number of aromatic nitrogens is 2. The van der Waals surface area contributed by atoms with Gasteiger partial charge in [0.2, 0.25) is 0 Å². The van der Waals surface area contributed by atoms with E-state index in [1.807, 2.05) is 0 Å². The van der Waals surface area contributed by atoms with E-state index in [9.17, 15) is 13.6 Å². The molecule has 0 fully saturated rings. The Kier molecular flexibility index (Phi) is 4.06. The maximum absolute atomic E-state index is 13.5. The third-order valence-electron chi connectivity index (χ3n) is 2.11. The lowest BCUT2D eigenvalue weighted by atomic mass is 10.3. The molecule has 8 heteroatoms. The molecule has 0 aliphatic rings. The molecule has 0 unspecified atom stereocenters. The zero-order valence-electron chi connectivity index (χ0n) is 9.12. The molecule has 0 spiro atoms. The van der Waals surface area contributed by atoms with E-state index in [1.54, 1.807) is 0 Å². The molecule has 0 bridgehead atoms. The normalized spacial score (nSPS) is 10.3. The molecule has 98 valence electrons. The molecule has 1 aromatic heterocycles. The molecule has 1 aromatic carbocycles. The summed E-state index contributed by atoms with van der Waals surface area (Å²) < 4.78 is 26.7. The average Bonchev–Trinajstić information content (AvgIpc) is 2.36. The Labute approximate surface area is 120 Å². The predicted molar refractivity (Wildman–Crippen MR) is 69.1 cm³/mol. The van der Waals surface area contributed by atoms with Gasteiger partial charge in [-0.25, -0.2) is 18.7 Å². The van der Waals surface area contributed by atoms with Gasteiger partial charge in [0, 0.05) is 6.07 Å². The molecule has 1 amide bonds. The van der Waals surface area contributed by atoms with Crippen LogP contribution in [0.2, 0.25) is 5.15 Å². The molecule has 0 radical (unpaired) electrons. The maximum atomic E-state index is 13.5. The third-order valence-corrected chi connectivity index (χ3v) is 2.91. The van der Waals surface area contributed by atoms with E-state index in [2.05, 4.69) is 31.2 Å². The van der Waals surface area contributed by atoms with E-state index in [0.717, 1.165) is 18.3 Å². The third kappa shape index (κ3) is 3.24. The van der Waals surface area contributed by atoms with Crippen molar-refractivity contribution in [1.82, 2.24) is 9.97 Å². The van der Waals surface area contributed by atoms with Crippen molar-refractivity contribution in [3.8, 4) is 0 Å². The Bertz CT molecular complexity index is 637. The fraction of sp³-hybridized carbons (Fsp3) is 0. The van der Waals surface area contributed by atoms with Crippen LogP contribution in [-0.4, -0.2) is 15.9 Å². The molecular weight excluding hydrogens is 343 g/mol. The van der Waals surface area contributed by atoms with Gasteiger partial charge in [-0.15, -0.1) is 0 Å². The van der Waals surface area contributed by atoms with Crippen molar-refractivity contribution in [1.29, 1.82) is 0 Å². The summed E-state index contributed by atoms with van der Waals surface area (Å²) in [5.74, 6) is -2.19. The van der Waals surface area contributed by atoms with Gasteiger partial charge < -0.3 is 5.32 Å². The van der Waals surface area contributed by atoms with Crippen LogP contribution in [0.1, 0.15) is 10.5 Å². The molecule has 0 saturated carbocycles. The van der Waals surface area contributed by atoms with E-state index >= 15 is 0 Å². The summed E-state index contributed by atoms with van der Waals surface area (Å²) in [6.45, 7) is 0. The SMILES string of the molecule is O=C(Nc1cc(F)c(Br)cc1F)c1cnc(Cl)cn1. The maximum Gasteiger partial charge on any atom is 0.275 e. The van der Waals surface area contributed by atoms with Crippen molar-refractivity contribution in [2.75, 3.05) is 5.32 Å². The second kappa shape index (κ2) is 5.58. The van der Waals surface area contributed by atoms with Gasteiger partial charge in [0.05, 0.1) is 22.6 Å². The van der Waals surface area contributed by atoms with Crippen LogP contribution in [0.5, 0.6) is 0 Å². The lowest BCUT2D eigenvalue weighted by Crippen LogP contribution is -2.15. The van der Waals surface area contributed by atoms with Gasteiger partial charge >= 0.3 is 0 Å². The molecular formula is C11H5BrClF2N3O. The Hall–Kier alpha value is -1.60. The van der Waals surface area contributed by atoms with Crippen LogP contribution < -0.4 is 5.32 Å². The first-order valence-electron chi connectivity index (χ1n) is 4.91. The number of carbonyl (C=O) groups is 1. The van der Waals surface area contributed by atoms with Crippen LogP contribution in [-0.2, 0) is 0 Å². The lowest BCUT2D eigenvalue weighted by Gasteiger charge is -2.06. The van der Waals surface area contributed by atoms with Gasteiger partial charge in [0.25, 0.3) is 5.91 Å². The first kappa shape index (κ1) is 13.8. The number of amides is 1. The molecule has 4 nitrogen and oxygen atoms in total. The predicted octanol–water partition coefficient (Wildman–Crippen LogP) is 3.42. The minimum absolute atomic E-state index is 0.0331. The molecule has 19 heavy (non-hydrogen) atoms. The van der Waals surface area contributed by atoms with Gasteiger partial charge in [0.15, 0.2) is 0 Å². The van der Waals surface area contributed by atoms with Crippen molar-refractivity contribution in [2.24, 2.45) is 0 Å². The van der Waals surface area contributed by atoms with Gasteiger partial charge in [-0.3, -0.25) is 4.79 Å². The highest BCUT2D eigenvalue weighted by molar-refractivity contribution is 9.10. The molecule has 0 atom stereocenters. The minimum atomic E-state index is -0.774. The van der Waals surface area contributed by atoms with Crippen molar-refractivity contribution in [3.05, 3.63) is 51.5 Å². The summed E-state index contributed by atoms with van der Waals surface area (Å²) in [7, 11) is 0. The Morgan fingerprint density at radius 1 is 1.21 bits per heavy atom. The number of rotatable bonds is 2. The van der Waals surface area contributed by atoms with Crippen molar-refractivity contribution < 1.29 is 13.6 Å². The van der Waals surface area contributed by atoms with Crippen LogP contribution in [0.25, 0.3) is 0 Å². The first-order chi connectivity index (χ1) is 8.97. The summed E-state index contributed by atoms with van der Waals surface area (Å²) in [5, 5.41) is 2.32. The highest BCUT2D eigenvalue weighted by Gasteiger charge is 2.13. The molecule has 1 heterocycles. The van der Waals surface area contributed by atoms with E-state index in [0.29, 0.717) is 0 Å². The summed E-state index contributed by atoms with van der Waals surface area (Å²) in [6, 6.07) is 1.78. The molecule has 0 aliphatic carbocycles.